The van der Waals surface area contributed by atoms with Gasteiger partial charge < -0.3 is 5.21 Å². The quantitative estimate of drug-likeness (QED) is 0.517. The molecule has 0 aliphatic carbocycles. The van der Waals surface area contributed by atoms with Crippen molar-refractivity contribution in [1.29, 1.82) is 0 Å². The summed E-state index contributed by atoms with van der Waals surface area (Å²) >= 11 is 7.24. The minimum atomic E-state index is -4.50. The molecule has 0 aliphatic heterocycles. The van der Waals surface area contributed by atoms with Crippen LogP contribution < -0.4 is 0 Å². The zero-order chi connectivity index (χ0) is 14.8. The molecule has 0 spiro atoms. The SMILES string of the molecule is O/N=C/C(c1cccs1)c1ncc(C(F)(F)F)cc1Cl. The van der Waals surface area contributed by atoms with Crippen molar-refractivity contribution in [2.75, 3.05) is 0 Å². The van der Waals surface area contributed by atoms with Gasteiger partial charge in [0.2, 0.25) is 0 Å². The molecule has 3 nitrogen and oxygen atoms in total. The first-order valence-corrected chi connectivity index (χ1v) is 6.63. The summed E-state index contributed by atoms with van der Waals surface area (Å²) in [5, 5.41) is 13.3. The zero-order valence-electron chi connectivity index (χ0n) is 9.80. The van der Waals surface area contributed by atoms with Gasteiger partial charge in [0.15, 0.2) is 0 Å². The van der Waals surface area contributed by atoms with E-state index in [2.05, 4.69) is 10.1 Å². The Morgan fingerprint density at radius 1 is 1.45 bits per heavy atom. The van der Waals surface area contributed by atoms with Gasteiger partial charge in [-0.1, -0.05) is 17.7 Å². The van der Waals surface area contributed by atoms with Crippen molar-refractivity contribution < 1.29 is 18.4 Å². The number of hydrogen-bond acceptors (Lipinski definition) is 4. The maximum atomic E-state index is 12.6. The molecule has 1 atom stereocenters. The monoisotopic (exact) mass is 320 g/mol. The van der Waals surface area contributed by atoms with Crippen LogP contribution in [0.25, 0.3) is 0 Å². The largest absolute Gasteiger partial charge is 0.417 e. The number of thiophene rings is 1. The predicted octanol–water partition coefficient (Wildman–Crippen LogP) is 4.41. The first kappa shape index (κ1) is 14.8. The lowest BCUT2D eigenvalue weighted by Crippen LogP contribution is -2.09. The molecule has 0 amide bonds. The van der Waals surface area contributed by atoms with Gasteiger partial charge in [-0.15, -0.1) is 16.5 Å². The highest BCUT2D eigenvalue weighted by Gasteiger charge is 2.32. The molecule has 0 saturated heterocycles. The van der Waals surface area contributed by atoms with Crippen LogP contribution in [0.15, 0.2) is 34.9 Å². The van der Waals surface area contributed by atoms with Gasteiger partial charge in [-0.05, 0) is 17.5 Å². The second-order valence-corrected chi connectivity index (χ2v) is 5.23. The van der Waals surface area contributed by atoms with Gasteiger partial charge in [0.1, 0.15) is 0 Å². The molecule has 20 heavy (non-hydrogen) atoms. The third kappa shape index (κ3) is 3.10. The molecule has 0 radical (unpaired) electrons. The number of pyridine rings is 1. The van der Waals surface area contributed by atoms with Crippen molar-refractivity contribution in [3.8, 4) is 0 Å². The molecule has 2 aromatic heterocycles. The molecule has 0 saturated carbocycles. The van der Waals surface area contributed by atoms with Gasteiger partial charge in [0, 0.05) is 11.1 Å². The number of nitrogens with zero attached hydrogens (tertiary/aromatic N) is 2. The second-order valence-electron chi connectivity index (χ2n) is 3.85. The molecular formula is C12H8ClF3N2OS. The molecule has 2 aromatic rings. The van der Waals surface area contributed by atoms with Crippen LogP contribution in [0.3, 0.4) is 0 Å². The minimum absolute atomic E-state index is 0.127. The van der Waals surface area contributed by atoms with Crippen molar-refractivity contribution in [2.24, 2.45) is 5.16 Å². The third-order valence-electron chi connectivity index (χ3n) is 2.56. The van der Waals surface area contributed by atoms with E-state index in [-0.39, 0.29) is 10.7 Å². The maximum absolute atomic E-state index is 12.6. The van der Waals surface area contributed by atoms with Crippen LogP contribution in [0.1, 0.15) is 22.1 Å². The van der Waals surface area contributed by atoms with E-state index in [9.17, 15) is 13.2 Å². The summed E-state index contributed by atoms with van der Waals surface area (Å²) in [6.45, 7) is 0. The molecule has 2 rings (SSSR count). The number of rotatable bonds is 3. The fraction of sp³-hybridized carbons (Fsp3) is 0.167. The van der Waals surface area contributed by atoms with Crippen molar-refractivity contribution in [3.63, 3.8) is 0 Å². The Labute approximate surface area is 121 Å². The van der Waals surface area contributed by atoms with E-state index < -0.39 is 17.7 Å². The fourth-order valence-electron chi connectivity index (χ4n) is 1.65. The number of oxime groups is 1. The second kappa shape index (κ2) is 5.80. The van der Waals surface area contributed by atoms with Crippen LogP contribution in [0.5, 0.6) is 0 Å². The topological polar surface area (TPSA) is 45.5 Å². The molecule has 8 heteroatoms. The van der Waals surface area contributed by atoms with Crippen molar-refractivity contribution in [3.05, 3.63) is 50.9 Å². The molecule has 0 aromatic carbocycles. The van der Waals surface area contributed by atoms with Gasteiger partial charge in [-0.3, -0.25) is 4.98 Å². The van der Waals surface area contributed by atoms with Crippen LogP contribution in [0.4, 0.5) is 13.2 Å². The van der Waals surface area contributed by atoms with E-state index in [4.69, 9.17) is 16.8 Å². The van der Waals surface area contributed by atoms with E-state index in [1.54, 1.807) is 17.5 Å². The van der Waals surface area contributed by atoms with Crippen molar-refractivity contribution >= 4 is 29.2 Å². The van der Waals surface area contributed by atoms with Gasteiger partial charge >= 0.3 is 6.18 Å². The van der Waals surface area contributed by atoms with Crippen LogP contribution in [0.2, 0.25) is 5.02 Å². The van der Waals surface area contributed by atoms with Gasteiger partial charge in [-0.25, -0.2) is 0 Å². The Kier molecular flexibility index (Phi) is 4.29. The average Bonchev–Trinajstić information content (AvgIpc) is 2.89. The maximum Gasteiger partial charge on any atom is 0.417 e. The highest BCUT2D eigenvalue weighted by atomic mass is 35.5. The zero-order valence-corrected chi connectivity index (χ0v) is 11.4. The highest BCUT2D eigenvalue weighted by Crippen LogP contribution is 2.35. The lowest BCUT2D eigenvalue weighted by atomic mass is 10.0. The standard InChI is InChI=1S/C12H8ClF3N2OS/c13-9-4-7(12(14,15)16)5-17-11(9)8(6-18-19)10-2-1-3-20-10/h1-6,8,19H/b18-6+. The lowest BCUT2D eigenvalue weighted by Gasteiger charge is -2.13. The van der Waals surface area contributed by atoms with Crippen LogP contribution >= 0.6 is 22.9 Å². The Bertz CT molecular complexity index is 614. The first-order valence-electron chi connectivity index (χ1n) is 5.37. The molecule has 1 unspecified atom stereocenters. The van der Waals surface area contributed by atoms with Gasteiger partial charge in [0.25, 0.3) is 0 Å². The van der Waals surface area contributed by atoms with E-state index in [0.29, 0.717) is 6.20 Å². The molecule has 0 aliphatic rings. The van der Waals surface area contributed by atoms with E-state index in [1.807, 2.05) is 0 Å². The van der Waals surface area contributed by atoms with Gasteiger partial charge in [0.05, 0.1) is 28.4 Å². The first-order chi connectivity index (χ1) is 9.43. The summed E-state index contributed by atoms with van der Waals surface area (Å²) < 4.78 is 37.7. The fourth-order valence-corrected chi connectivity index (χ4v) is 2.72. The molecule has 0 bridgehead atoms. The summed E-state index contributed by atoms with van der Waals surface area (Å²) in [4.78, 5) is 4.53. The molecule has 106 valence electrons. The Hall–Kier alpha value is -1.60. The summed E-state index contributed by atoms with van der Waals surface area (Å²) in [5.74, 6) is -0.588. The molecular weight excluding hydrogens is 313 g/mol. The van der Waals surface area contributed by atoms with Crippen LogP contribution in [-0.2, 0) is 6.18 Å². The molecule has 1 N–H and O–H groups in total. The summed E-state index contributed by atoms with van der Waals surface area (Å²) in [6, 6.07) is 4.35. The Balaban J connectivity index is 2.45. The van der Waals surface area contributed by atoms with Crippen molar-refractivity contribution in [1.82, 2.24) is 4.98 Å². The van der Waals surface area contributed by atoms with E-state index in [0.717, 1.165) is 10.9 Å². The lowest BCUT2D eigenvalue weighted by molar-refractivity contribution is -0.137. The summed E-state index contributed by atoms with van der Waals surface area (Å²) in [6.07, 6.45) is -2.61. The van der Waals surface area contributed by atoms with E-state index in [1.165, 1.54) is 17.6 Å². The molecule has 2 heterocycles. The number of aromatic nitrogens is 1. The summed E-state index contributed by atoms with van der Waals surface area (Å²) in [5.41, 5.74) is -0.711. The predicted molar refractivity (Wildman–Crippen MR) is 70.7 cm³/mol. The highest BCUT2D eigenvalue weighted by molar-refractivity contribution is 7.10. The van der Waals surface area contributed by atoms with Crippen LogP contribution in [0, 0.1) is 0 Å². The number of alkyl halides is 3. The van der Waals surface area contributed by atoms with Crippen molar-refractivity contribution in [2.45, 2.75) is 12.1 Å². The summed E-state index contributed by atoms with van der Waals surface area (Å²) in [7, 11) is 0. The van der Waals surface area contributed by atoms with E-state index >= 15 is 0 Å². The minimum Gasteiger partial charge on any atom is -0.411 e. The normalized spacial score (nSPS) is 13.8. The number of halogens is 4. The Morgan fingerprint density at radius 3 is 2.70 bits per heavy atom. The molecule has 0 fully saturated rings. The third-order valence-corrected chi connectivity index (χ3v) is 3.82. The van der Waals surface area contributed by atoms with Gasteiger partial charge in [-0.2, -0.15) is 13.2 Å². The Morgan fingerprint density at radius 2 is 2.20 bits per heavy atom. The average molecular weight is 321 g/mol. The number of hydrogen-bond donors (Lipinski definition) is 1. The smallest absolute Gasteiger partial charge is 0.411 e. The van der Waals surface area contributed by atoms with Crippen LogP contribution in [-0.4, -0.2) is 16.4 Å².